The summed E-state index contributed by atoms with van der Waals surface area (Å²) in [6.07, 6.45) is 4.85. The molecule has 0 saturated heterocycles. The summed E-state index contributed by atoms with van der Waals surface area (Å²) in [6, 6.07) is 0.0310. The number of hydrogen-bond acceptors (Lipinski definition) is 6. The van der Waals surface area contributed by atoms with E-state index in [0.29, 0.717) is 24.2 Å². The first kappa shape index (κ1) is 13.0. The number of nitrogens with one attached hydrogen (secondary N) is 2. The molecule has 0 aromatic carbocycles. The van der Waals surface area contributed by atoms with Gasteiger partial charge < -0.3 is 14.2 Å². The van der Waals surface area contributed by atoms with E-state index < -0.39 is 0 Å². The molecule has 2 aliphatic rings. The fourth-order valence-electron chi connectivity index (χ4n) is 2.85. The monoisotopic (exact) mass is 289 g/mol. The van der Waals surface area contributed by atoms with Crippen LogP contribution in [0.5, 0.6) is 0 Å². The van der Waals surface area contributed by atoms with Gasteiger partial charge in [0.25, 0.3) is 0 Å². The molecule has 21 heavy (non-hydrogen) atoms. The van der Waals surface area contributed by atoms with E-state index in [2.05, 4.69) is 25.4 Å². The van der Waals surface area contributed by atoms with Crippen molar-refractivity contribution in [2.45, 2.75) is 44.9 Å². The van der Waals surface area contributed by atoms with Crippen molar-refractivity contribution >= 4 is 0 Å². The molecule has 2 atom stereocenters. The third-order valence-electron chi connectivity index (χ3n) is 4.14. The molecule has 112 valence electrons. The number of nitrogens with zero attached hydrogens (tertiary/aromatic N) is 3. The zero-order valence-corrected chi connectivity index (χ0v) is 12.0. The molecule has 3 heterocycles. The second-order valence-corrected chi connectivity index (χ2v) is 5.67. The van der Waals surface area contributed by atoms with E-state index in [0.717, 1.165) is 24.4 Å². The zero-order chi connectivity index (χ0) is 14.2. The molecule has 2 aromatic rings. The highest BCUT2D eigenvalue weighted by atomic mass is 16.5. The molecule has 1 aliphatic heterocycles. The number of fused-ring (bicyclic) bond motifs is 1. The fourth-order valence-corrected chi connectivity index (χ4v) is 2.85. The number of rotatable bonds is 5. The molecule has 7 heteroatoms. The average molecular weight is 289 g/mol. The molecule has 1 fully saturated rings. The highest BCUT2D eigenvalue weighted by Crippen LogP contribution is 2.42. The van der Waals surface area contributed by atoms with Crippen molar-refractivity contribution in [3.8, 4) is 0 Å². The summed E-state index contributed by atoms with van der Waals surface area (Å²) in [4.78, 5) is 12.0. The van der Waals surface area contributed by atoms with Gasteiger partial charge in [0.2, 0.25) is 11.7 Å². The average Bonchev–Trinajstić information content (AvgIpc) is 3.03. The molecule has 2 unspecified atom stereocenters. The number of ether oxygens (including phenoxy) is 1. The quantitative estimate of drug-likeness (QED) is 0.870. The lowest BCUT2D eigenvalue weighted by molar-refractivity contribution is 0.0384. The predicted molar refractivity (Wildman–Crippen MR) is 73.3 cm³/mol. The molecule has 0 radical (unpaired) electrons. The van der Waals surface area contributed by atoms with Gasteiger partial charge in [-0.15, -0.1) is 0 Å². The van der Waals surface area contributed by atoms with Crippen LogP contribution in [0.1, 0.15) is 55.0 Å². The van der Waals surface area contributed by atoms with Crippen LogP contribution in [0.25, 0.3) is 0 Å². The minimum atomic E-state index is -0.0166. The predicted octanol–water partition coefficient (Wildman–Crippen LogP) is 1.67. The molecule has 0 spiro atoms. The van der Waals surface area contributed by atoms with Crippen LogP contribution in [-0.2, 0) is 17.7 Å². The Kier molecular flexibility index (Phi) is 3.23. The summed E-state index contributed by atoms with van der Waals surface area (Å²) in [6.45, 7) is 3.41. The first-order chi connectivity index (χ1) is 10.3. The lowest BCUT2D eigenvalue weighted by Gasteiger charge is -2.19. The van der Waals surface area contributed by atoms with Crippen molar-refractivity contribution < 1.29 is 9.26 Å². The molecular formula is C14H19N5O2. The van der Waals surface area contributed by atoms with Crippen LogP contribution in [0.2, 0.25) is 0 Å². The van der Waals surface area contributed by atoms with Gasteiger partial charge in [0.05, 0.1) is 23.8 Å². The molecule has 1 saturated carbocycles. The Morgan fingerprint density at radius 2 is 2.38 bits per heavy atom. The Balaban J connectivity index is 1.52. The highest BCUT2D eigenvalue weighted by Gasteiger charge is 2.37. The fraction of sp³-hybridized carbons (Fsp3) is 0.643. The first-order valence-electron chi connectivity index (χ1n) is 7.54. The Morgan fingerprint density at radius 3 is 3.19 bits per heavy atom. The van der Waals surface area contributed by atoms with Crippen molar-refractivity contribution in [1.29, 1.82) is 0 Å². The number of hydrogen-bond donors (Lipinski definition) is 2. The van der Waals surface area contributed by atoms with Crippen molar-refractivity contribution in [1.82, 2.24) is 25.4 Å². The van der Waals surface area contributed by atoms with E-state index in [-0.39, 0.29) is 12.1 Å². The zero-order valence-electron chi connectivity index (χ0n) is 12.0. The maximum atomic E-state index is 5.77. The topological polar surface area (TPSA) is 88.9 Å². The molecule has 2 aromatic heterocycles. The maximum absolute atomic E-state index is 5.77. The summed E-state index contributed by atoms with van der Waals surface area (Å²) in [5.41, 5.74) is 2.21. The molecule has 7 nitrogen and oxygen atoms in total. The minimum Gasteiger partial charge on any atom is -0.370 e. The molecule has 2 N–H and O–H groups in total. The minimum absolute atomic E-state index is 0.0166. The van der Waals surface area contributed by atoms with E-state index in [1.807, 2.05) is 6.92 Å². The number of imidazole rings is 1. The van der Waals surface area contributed by atoms with Crippen LogP contribution in [0, 0.1) is 5.92 Å². The van der Waals surface area contributed by atoms with Gasteiger partial charge in [0, 0.05) is 19.6 Å². The van der Waals surface area contributed by atoms with Crippen molar-refractivity contribution in [2.75, 3.05) is 6.61 Å². The van der Waals surface area contributed by atoms with E-state index in [1.54, 1.807) is 6.33 Å². The standard InChI is InChI=1S/C14H19N5O2/c1-2-20-12(8-3-4-8)13-18-14(21-19-13)10-5-9-11(6-15-10)17-7-16-9/h7-8,10,12,15H,2-6H2,1H3,(H,16,17). The largest absolute Gasteiger partial charge is 0.370 e. The molecule has 0 amide bonds. The van der Waals surface area contributed by atoms with Gasteiger partial charge in [0.1, 0.15) is 6.10 Å². The highest BCUT2D eigenvalue weighted by molar-refractivity contribution is 5.17. The Morgan fingerprint density at radius 1 is 1.48 bits per heavy atom. The second kappa shape index (κ2) is 5.23. The summed E-state index contributed by atoms with van der Waals surface area (Å²) >= 11 is 0. The summed E-state index contributed by atoms with van der Waals surface area (Å²) in [5, 5.41) is 7.53. The SMILES string of the molecule is CCOC(c1noc(C2Cc3nc[nH]c3CN2)n1)C1CC1. The van der Waals surface area contributed by atoms with Crippen LogP contribution in [0.4, 0.5) is 0 Å². The lowest BCUT2D eigenvalue weighted by atomic mass is 10.1. The van der Waals surface area contributed by atoms with Crippen LogP contribution < -0.4 is 5.32 Å². The first-order valence-corrected chi connectivity index (χ1v) is 7.54. The molecule has 0 bridgehead atoms. The van der Waals surface area contributed by atoms with Gasteiger partial charge in [-0.2, -0.15) is 4.98 Å². The Bertz CT molecular complexity index is 618. The molecular weight excluding hydrogens is 270 g/mol. The van der Waals surface area contributed by atoms with Gasteiger partial charge >= 0.3 is 0 Å². The number of aromatic amines is 1. The van der Waals surface area contributed by atoms with Crippen LogP contribution >= 0.6 is 0 Å². The number of aromatic nitrogens is 4. The van der Waals surface area contributed by atoms with E-state index >= 15 is 0 Å². The third kappa shape index (κ3) is 2.47. The van der Waals surface area contributed by atoms with E-state index in [1.165, 1.54) is 12.8 Å². The second-order valence-electron chi connectivity index (χ2n) is 5.67. The Labute approximate surface area is 122 Å². The van der Waals surface area contributed by atoms with Crippen LogP contribution in [-0.4, -0.2) is 26.7 Å². The lowest BCUT2D eigenvalue weighted by Crippen LogP contribution is -2.28. The molecule has 1 aliphatic carbocycles. The van der Waals surface area contributed by atoms with Gasteiger partial charge in [-0.05, 0) is 25.7 Å². The Hall–Kier alpha value is -1.73. The summed E-state index contributed by atoms with van der Waals surface area (Å²) in [7, 11) is 0. The van der Waals surface area contributed by atoms with Gasteiger partial charge in [-0.25, -0.2) is 4.98 Å². The molecule has 4 rings (SSSR count). The maximum Gasteiger partial charge on any atom is 0.244 e. The normalized spacial score (nSPS) is 23.0. The van der Waals surface area contributed by atoms with Crippen molar-refractivity contribution in [2.24, 2.45) is 5.92 Å². The van der Waals surface area contributed by atoms with Gasteiger partial charge in [-0.3, -0.25) is 5.32 Å². The van der Waals surface area contributed by atoms with E-state index in [4.69, 9.17) is 9.26 Å². The summed E-state index contributed by atoms with van der Waals surface area (Å²) < 4.78 is 11.2. The third-order valence-corrected chi connectivity index (χ3v) is 4.14. The smallest absolute Gasteiger partial charge is 0.244 e. The number of H-pyrrole nitrogens is 1. The van der Waals surface area contributed by atoms with Crippen molar-refractivity contribution in [3.63, 3.8) is 0 Å². The van der Waals surface area contributed by atoms with Crippen molar-refractivity contribution in [3.05, 3.63) is 29.4 Å². The van der Waals surface area contributed by atoms with Crippen LogP contribution in [0.15, 0.2) is 10.9 Å². The van der Waals surface area contributed by atoms with E-state index in [9.17, 15) is 0 Å². The summed E-state index contributed by atoms with van der Waals surface area (Å²) in [5.74, 6) is 1.86. The van der Waals surface area contributed by atoms with Gasteiger partial charge in [0.15, 0.2) is 0 Å². The van der Waals surface area contributed by atoms with Gasteiger partial charge in [-0.1, -0.05) is 5.16 Å². The van der Waals surface area contributed by atoms with Crippen LogP contribution in [0.3, 0.4) is 0 Å².